The van der Waals surface area contributed by atoms with E-state index in [1.807, 2.05) is 36.4 Å². The summed E-state index contributed by atoms with van der Waals surface area (Å²) in [4.78, 5) is 28.9. The van der Waals surface area contributed by atoms with Gasteiger partial charge in [-0.15, -0.1) is 0 Å². The third kappa shape index (κ3) is 5.68. The van der Waals surface area contributed by atoms with Gasteiger partial charge in [-0.25, -0.2) is 9.78 Å². The van der Waals surface area contributed by atoms with Gasteiger partial charge in [0.05, 0.1) is 17.7 Å². The monoisotopic (exact) mass is 422 g/mol. The molecule has 0 unspecified atom stereocenters. The number of hydrogen-bond donors (Lipinski definition) is 1. The van der Waals surface area contributed by atoms with E-state index in [0.717, 1.165) is 0 Å². The topological polar surface area (TPSA) is 77.5 Å². The van der Waals surface area contributed by atoms with Crippen LogP contribution in [0.4, 0.5) is 5.82 Å². The van der Waals surface area contributed by atoms with Crippen molar-refractivity contribution in [3.63, 3.8) is 0 Å². The molecular weight excluding hydrogens is 404 g/mol. The van der Waals surface area contributed by atoms with Crippen LogP contribution in [-0.4, -0.2) is 30.6 Å². The summed E-state index contributed by atoms with van der Waals surface area (Å²) in [6, 6.07) is 19.5. The molecule has 7 heteroatoms. The van der Waals surface area contributed by atoms with Gasteiger partial charge in [-0.05, 0) is 29.8 Å². The largest absolute Gasteiger partial charge is 0.496 e. The Balaban J connectivity index is 1.76. The smallest absolute Gasteiger partial charge is 0.339 e. The van der Waals surface area contributed by atoms with Crippen molar-refractivity contribution in [2.24, 2.45) is 0 Å². The Morgan fingerprint density at radius 1 is 1.03 bits per heavy atom. The average Bonchev–Trinajstić information content (AvgIpc) is 2.78. The molecule has 1 aromatic heterocycles. The molecule has 3 rings (SSSR count). The number of carbonyl (C=O) groups is 2. The zero-order valence-corrected chi connectivity index (χ0v) is 16.9. The molecule has 1 N–H and O–H groups in total. The van der Waals surface area contributed by atoms with Crippen molar-refractivity contribution in [2.45, 2.75) is 0 Å². The second kappa shape index (κ2) is 10.2. The minimum Gasteiger partial charge on any atom is -0.496 e. The molecule has 3 aromatic rings. The fraction of sp³-hybridized carbons (Fsp3) is 0.0870. The van der Waals surface area contributed by atoms with E-state index in [4.69, 9.17) is 21.1 Å². The van der Waals surface area contributed by atoms with E-state index in [1.165, 1.54) is 6.20 Å². The first-order chi connectivity index (χ1) is 14.6. The van der Waals surface area contributed by atoms with Crippen molar-refractivity contribution in [2.75, 3.05) is 19.0 Å². The Hall–Kier alpha value is -3.64. The van der Waals surface area contributed by atoms with Crippen molar-refractivity contribution in [3.8, 4) is 5.75 Å². The predicted octanol–water partition coefficient (Wildman–Crippen LogP) is 4.47. The summed E-state index contributed by atoms with van der Waals surface area (Å²) in [5.74, 6) is -0.215. The zero-order valence-electron chi connectivity index (χ0n) is 16.2. The van der Waals surface area contributed by atoms with Gasteiger partial charge >= 0.3 is 5.97 Å². The van der Waals surface area contributed by atoms with E-state index in [2.05, 4.69) is 10.3 Å². The Labute approximate surface area is 179 Å². The molecule has 0 aliphatic rings. The van der Waals surface area contributed by atoms with Crippen LogP contribution in [0.15, 0.2) is 72.9 Å². The first-order valence-electron chi connectivity index (χ1n) is 9.05. The maximum absolute atomic E-state index is 12.8. The van der Waals surface area contributed by atoms with E-state index in [1.54, 1.807) is 43.5 Å². The van der Waals surface area contributed by atoms with Crippen LogP contribution < -0.4 is 10.1 Å². The van der Waals surface area contributed by atoms with Gasteiger partial charge in [0.15, 0.2) is 6.61 Å². The molecule has 30 heavy (non-hydrogen) atoms. The summed E-state index contributed by atoms with van der Waals surface area (Å²) >= 11 is 5.77. The van der Waals surface area contributed by atoms with Gasteiger partial charge in [-0.1, -0.05) is 60.1 Å². The van der Waals surface area contributed by atoms with Gasteiger partial charge < -0.3 is 14.8 Å². The third-order valence-electron chi connectivity index (χ3n) is 4.07. The van der Waals surface area contributed by atoms with Gasteiger partial charge in [0, 0.05) is 11.8 Å². The molecule has 0 radical (unpaired) electrons. The fourth-order valence-corrected chi connectivity index (χ4v) is 2.77. The number of nitrogens with one attached hydrogen (secondary N) is 1. The Bertz CT molecular complexity index is 1050. The van der Waals surface area contributed by atoms with Crippen LogP contribution in [0.3, 0.4) is 0 Å². The molecule has 0 bridgehead atoms. The minimum absolute atomic E-state index is 0.303. The normalized spacial score (nSPS) is 10.9. The maximum Gasteiger partial charge on any atom is 0.339 e. The number of methoxy groups -OCH3 is 1. The van der Waals surface area contributed by atoms with Gasteiger partial charge in [-0.2, -0.15) is 0 Å². The SMILES string of the molecule is COc1ccccc1/C=C(/C(=O)OCC(=O)Nc1ccc(Cl)cn1)c1ccccc1. The maximum atomic E-state index is 12.8. The lowest BCUT2D eigenvalue weighted by atomic mass is 10.0. The number of esters is 1. The lowest BCUT2D eigenvalue weighted by Crippen LogP contribution is -2.21. The zero-order chi connectivity index (χ0) is 21.3. The highest BCUT2D eigenvalue weighted by Crippen LogP contribution is 2.25. The van der Waals surface area contributed by atoms with Crippen LogP contribution in [0.2, 0.25) is 5.02 Å². The van der Waals surface area contributed by atoms with E-state index < -0.39 is 18.5 Å². The third-order valence-corrected chi connectivity index (χ3v) is 4.30. The molecule has 1 heterocycles. The van der Waals surface area contributed by atoms with Crippen LogP contribution in [0.1, 0.15) is 11.1 Å². The number of aromatic nitrogens is 1. The number of nitrogens with zero attached hydrogens (tertiary/aromatic N) is 1. The first-order valence-corrected chi connectivity index (χ1v) is 9.43. The number of carbonyl (C=O) groups excluding carboxylic acids is 2. The molecule has 0 fully saturated rings. The van der Waals surface area contributed by atoms with Crippen LogP contribution in [0.5, 0.6) is 5.75 Å². The van der Waals surface area contributed by atoms with Gasteiger partial charge in [0.2, 0.25) is 0 Å². The molecule has 0 aliphatic carbocycles. The number of amides is 1. The second-order valence-corrected chi connectivity index (χ2v) is 6.59. The highest BCUT2D eigenvalue weighted by Gasteiger charge is 2.16. The number of halogens is 1. The quantitative estimate of drug-likeness (QED) is 0.345. The number of rotatable bonds is 7. The summed E-state index contributed by atoms with van der Waals surface area (Å²) in [6.45, 7) is -0.459. The van der Waals surface area contributed by atoms with E-state index in [-0.39, 0.29) is 0 Å². The van der Waals surface area contributed by atoms with Crippen molar-refractivity contribution < 1.29 is 19.1 Å². The molecule has 2 aromatic carbocycles. The van der Waals surface area contributed by atoms with Crippen LogP contribution >= 0.6 is 11.6 Å². The van der Waals surface area contributed by atoms with Crippen LogP contribution in [-0.2, 0) is 14.3 Å². The van der Waals surface area contributed by atoms with Crippen molar-refractivity contribution in [1.82, 2.24) is 4.98 Å². The fourth-order valence-electron chi connectivity index (χ4n) is 2.66. The van der Waals surface area contributed by atoms with E-state index >= 15 is 0 Å². The Morgan fingerprint density at radius 2 is 1.77 bits per heavy atom. The Kier molecular flexibility index (Phi) is 7.19. The molecular formula is C23H19ClN2O4. The van der Waals surface area contributed by atoms with Gasteiger partial charge in [0.25, 0.3) is 5.91 Å². The first kappa shape index (κ1) is 21.1. The summed E-state index contributed by atoms with van der Waals surface area (Å²) in [7, 11) is 1.56. The molecule has 0 atom stereocenters. The van der Waals surface area contributed by atoms with Crippen molar-refractivity contribution >= 4 is 40.9 Å². The molecule has 0 aliphatic heterocycles. The lowest BCUT2D eigenvalue weighted by Gasteiger charge is -2.11. The van der Waals surface area contributed by atoms with Crippen molar-refractivity contribution in [1.29, 1.82) is 0 Å². The number of anilines is 1. The standard InChI is InChI=1S/C23H19ClN2O4/c1-29-20-10-6-5-9-17(20)13-19(16-7-3-2-4-8-16)23(28)30-15-22(27)26-21-12-11-18(24)14-25-21/h2-14H,15H2,1H3,(H,25,26,27)/b19-13+. The number of ether oxygens (including phenoxy) is 2. The lowest BCUT2D eigenvalue weighted by molar-refractivity contribution is -0.141. The van der Waals surface area contributed by atoms with Crippen LogP contribution in [0.25, 0.3) is 11.6 Å². The molecule has 6 nitrogen and oxygen atoms in total. The predicted molar refractivity (Wildman–Crippen MR) is 116 cm³/mol. The highest BCUT2D eigenvalue weighted by atomic mass is 35.5. The Morgan fingerprint density at radius 3 is 2.47 bits per heavy atom. The number of para-hydroxylation sites is 1. The van der Waals surface area contributed by atoms with E-state index in [0.29, 0.717) is 33.3 Å². The second-order valence-electron chi connectivity index (χ2n) is 6.15. The minimum atomic E-state index is -0.633. The molecule has 1 amide bonds. The van der Waals surface area contributed by atoms with Crippen LogP contribution in [0, 0.1) is 0 Å². The average molecular weight is 423 g/mol. The summed E-state index contributed by atoms with van der Waals surface area (Å²) in [5.41, 5.74) is 1.68. The molecule has 0 saturated carbocycles. The number of hydrogen-bond acceptors (Lipinski definition) is 5. The summed E-state index contributed by atoms with van der Waals surface area (Å²) in [6.07, 6.45) is 3.09. The summed E-state index contributed by atoms with van der Waals surface area (Å²) in [5, 5.41) is 3.00. The van der Waals surface area contributed by atoms with E-state index in [9.17, 15) is 9.59 Å². The molecule has 0 spiro atoms. The number of pyridine rings is 1. The highest BCUT2D eigenvalue weighted by molar-refractivity contribution is 6.30. The number of benzene rings is 2. The van der Waals surface area contributed by atoms with Crippen molar-refractivity contribution in [3.05, 3.63) is 89.1 Å². The molecule has 152 valence electrons. The molecule has 0 saturated heterocycles. The van der Waals surface area contributed by atoms with Gasteiger partial charge in [0.1, 0.15) is 11.6 Å². The summed E-state index contributed by atoms with van der Waals surface area (Å²) < 4.78 is 10.6. The van der Waals surface area contributed by atoms with Gasteiger partial charge in [-0.3, -0.25) is 4.79 Å².